The molecule has 0 N–H and O–H groups in total. The summed E-state index contributed by atoms with van der Waals surface area (Å²) in [4.78, 5) is 17.1. The molecule has 0 bridgehead atoms. The van der Waals surface area contributed by atoms with E-state index >= 15 is 0 Å². The molecule has 3 nitrogen and oxygen atoms in total. The maximum absolute atomic E-state index is 12.9. The summed E-state index contributed by atoms with van der Waals surface area (Å²) < 4.78 is 5.95. The fourth-order valence-electron chi connectivity index (χ4n) is 3.56. The van der Waals surface area contributed by atoms with Crippen LogP contribution >= 0.6 is 0 Å². The van der Waals surface area contributed by atoms with E-state index in [2.05, 4.69) is 23.2 Å². The zero-order valence-electron chi connectivity index (χ0n) is 18.0. The van der Waals surface area contributed by atoms with Crippen molar-refractivity contribution in [2.24, 2.45) is 0 Å². The number of ether oxygens (including phenoxy) is 1. The molecular weight excluding hydrogens is 394 g/mol. The fraction of sp³-hybridized carbons (Fsp3) is 0.103. The van der Waals surface area contributed by atoms with Crippen LogP contribution in [0.4, 0.5) is 0 Å². The Morgan fingerprint density at radius 1 is 0.812 bits per heavy atom. The van der Waals surface area contributed by atoms with Crippen molar-refractivity contribution in [3.05, 3.63) is 143 Å². The molecule has 32 heavy (non-hydrogen) atoms. The first-order chi connectivity index (χ1) is 15.7. The van der Waals surface area contributed by atoms with E-state index in [0.29, 0.717) is 5.57 Å². The van der Waals surface area contributed by atoms with Crippen LogP contribution < -0.4 is 0 Å². The van der Waals surface area contributed by atoms with Crippen molar-refractivity contribution in [3.63, 3.8) is 0 Å². The monoisotopic (exact) mass is 419 g/mol. The number of rotatable bonds is 7. The molecule has 0 saturated carbocycles. The molecular formula is C29H25NO2. The molecule has 0 atom stereocenters. The van der Waals surface area contributed by atoms with Crippen molar-refractivity contribution in [3.8, 4) is 0 Å². The van der Waals surface area contributed by atoms with Crippen LogP contribution in [0.25, 0.3) is 6.08 Å². The molecule has 0 aliphatic carbocycles. The van der Waals surface area contributed by atoms with E-state index in [-0.39, 0.29) is 5.97 Å². The summed E-state index contributed by atoms with van der Waals surface area (Å²) in [5.74, 6) is -0.331. The molecule has 0 aliphatic heterocycles. The first kappa shape index (κ1) is 21.3. The molecule has 3 aromatic carbocycles. The minimum atomic E-state index is -0.449. The highest BCUT2D eigenvalue weighted by Gasteiger charge is 2.19. The van der Waals surface area contributed by atoms with Gasteiger partial charge in [-0.3, -0.25) is 4.98 Å². The molecule has 1 aromatic heterocycles. The molecule has 0 radical (unpaired) electrons. The van der Waals surface area contributed by atoms with E-state index < -0.39 is 6.10 Å². The van der Waals surface area contributed by atoms with Gasteiger partial charge in [0.25, 0.3) is 0 Å². The molecule has 3 heteroatoms. The van der Waals surface area contributed by atoms with E-state index in [1.165, 1.54) is 11.1 Å². The number of benzene rings is 3. The van der Waals surface area contributed by atoms with Crippen LogP contribution in [0.2, 0.25) is 0 Å². The highest BCUT2D eigenvalue weighted by atomic mass is 16.5. The van der Waals surface area contributed by atoms with Gasteiger partial charge in [0, 0.05) is 18.0 Å². The summed E-state index contributed by atoms with van der Waals surface area (Å²) in [7, 11) is 0. The van der Waals surface area contributed by atoms with Crippen molar-refractivity contribution in [1.29, 1.82) is 0 Å². The average Bonchev–Trinajstić information content (AvgIpc) is 2.85. The molecule has 0 saturated heterocycles. The fourth-order valence-corrected chi connectivity index (χ4v) is 3.56. The van der Waals surface area contributed by atoms with Gasteiger partial charge in [-0.1, -0.05) is 91.0 Å². The maximum atomic E-state index is 12.9. The Balaban J connectivity index is 1.48. The van der Waals surface area contributed by atoms with Gasteiger partial charge in [0.2, 0.25) is 0 Å². The topological polar surface area (TPSA) is 39.2 Å². The number of aromatic nitrogens is 1. The van der Waals surface area contributed by atoms with Gasteiger partial charge in [-0.2, -0.15) is 0 Å². The Hall–Kier alpha value is -3.98. The molecule has 0 fully saturated rings. The average molecular weight is 420 g/mol. The first-order valence-electron chi connectivity index (χ1n) is 10.7. The van der Waals surface area contributed by atoms with E-state index in [1.807, 2.05) is 91.1 Å². The number of nitrogens with zero attached hydrogens (tertiary/aromatic N) is 1. The summed E-state index contributed by atoms with van der Waals surface area (Å²) in [6.45, 7) is 1.79. The minimum Gasteiger partial charge on any atom is -0.449 e. The third-order valence-electron chi connectivity index (χ3n) is 5.25. The number of hydrogen-bond donors (Lipinski definition) is 0. The Morgan fingerprint density at radius 3 is 2.00 bits per heavy atom. The highest BCUT2D eigenvalue weighted by molar-refractivity contribution is 5.93. The summed E-state index contributed by atoms with van der Waals surface area (Å²) >= 11 is 0. The third kappa shape index (κ3) is 5.58. The van der Waals surface area contributed by atoms with Gasteiger partial charge in [-0.15, -0.1) is 0 Å². The van der Waals surface area contributed by atoms with Gasteiger partial charge >= 0.3 is 5.97 Å². The Labute approximate surface area is 189 Å². The lowest BCUT2D eigenvalue weighted by molar-refractivity contribution is -0.142. The lowest BCUT2D eigenvalue weighted by Crippen LogP contribution is -2.13. The zero-order chi connectivity index (χ0) is 22.2. The molecule has 1 heterocycles. The quantitative estimate of drug-likeness (QED) is 0.257. The van der Waals surface area contributed by atoms with Gasteiger partial charge in [-0.05, 0) is 53.3 Å². The van der Waals surface area contributed by atoms with Gasteiger partial charge < -0.3 is 4.74 Å². The number of carbonyl (C=O) groups excluding carboxylic acids is 1. The minimum absolute atomic E-state index is 0.331. The van der Waals surface area contributed by atoms with Crippen molar-refractivity contribution in [2.75, 3.05) is 0 Å². The maximum Gasteiger partial charge on any atom is 0.334 e. The molecule has 0 unspecified atom stereocenters. The van der Waals surface area contributed by atoms with Crippen molar-refractivity contribution < 1.29 is 9.53 Å². The summed E-state index contributed by atoms with van der Waals surface area (Å²) in [6.07, 6.45) is 5.90. The van der Waals surface area contributed by atoms with Gasteiger partial charge in [0.1, 0.15) is 0 Å². The van der Waals surface area contributed by atoms with Crippen molar-refractivity contribution >= 4 is 12.0 Å². The predicted octanol–water partition coefficient (Wildman–Crippen LogP) is 6.41. The molecule has 0 spiro atoms. The number of esters is 1. The van der Waals surface area contributed by atoms with E-state index in [0.717, 1.165) is 23.1 Å². The number of hydrogen-bond acceptors (Lipinski definition) is 3. The van der Waals surface area contributed by atoms with Crippen LogP contribution in [0.1, 0.15) is 40.8 Å². The van der Waals surface area contributed by atoms with E-state index in [9.17, 15) is 4.79 Å². The SMILES string of the molecule is CC(=Cc1ccc(Cc2cccnc2)cc1)C(=O)OC(c1ccccc1)c1ccccc1. The second-order valence-corrected chi connectivity index (χ2v) is 7.71. The molecule has 158 valence electrons. The first-order valence-corrected chi connectivity index (χ1v) is 10.7. The highest BCUT2D eigenvalue weighted by Crippen LogP contribution is 2.27. The van der Waals surface area contributed by atoms with Crippen LogP contribution in [0.15, 0.2) is 115 Å². The van der Waals surface area contributed by atoms with Gasteiger partial charge in [-0.25, -0.2) is 4.79 Å². The van der Waals surface area contributed by atoms with E-state index in [4.69, 9.17) is 4.74 Å². The largest absolute Gasteiger partial charge is 0.449 e. The Bertz CT molecular complexity index is 1130. The standard InChI is InChI=1S/C29H25NO2/c1-22(19-23-14-16-24(17-15-23)20-25-9-8-18-30-21-25)29(31)32-28(26-10-4-2-5-11-26)27-12-6-3-7-13-27/h2-19,21,28H,20H2,1H3. The molecule has 4 aromatic rings. The second-order valence-electron chi connectivity index (χ2n) is 7.71. The lowest BCUT2D eigenvalue weighted by Gasteiger charge is -2.19. The van der Waals surface area contributed by atoms with Gasteiger partial charge in [0.05, 0.1) is 0 Å². The van der Waals surface area contributed by atoms with Crippen LogP contribution in [-0.2, 0) is 16.0 Å². The molecule has 0 amide bonds. The number of pyridine rings is 1. The van der Waals surface area contributed by atoms with Crippen molar-refractivity contribution in [2.45, 2.75) is 19.4 Å². The van der Waals surface area contributed by atoms with Crippen LogP contribution in [0.3, 0.4) is 0 Å². The molecule has 4 rings (SSSR count). The lowest BCUT2D eigenvalue weighted by atomic mass is 10.0. The third-order valence-corrected chi connectivity index (χ3v) is 5.25. The Kier molecular flexibility index (Phi) is 6.88. The Morgan fingerprint density at radius 2 is 1.44 bits per heavy atom. The zero-order valence-corrected chi connectivity index (χ0v) is 18.0. The van der Waals surface area contributed by atoms with Crippen LogP contribution in [-0.4, -0.2) is 11.0 Å². The molecule has 0 aliphatic rings. The number of carbonyl (C=O) groups is 1. The summed E-state index contributed by atoms with van der Waals surface area (Å²) in [5.41, 5.74) is 5.78. The summed E-state index contributed by atoms with van der Waals surface area (Å²) in [5, 5.41) is 0. The smallest absolute Gasteiger partial charge is 0.334 e. The van der Waals surface area contributed by atoms with Gasteiger partial charge in [0.15, 0.2) is 6.10 Å². The predicted molar refractivity (Wildman–Crippen MR) is 128 cm³/mol. The normalized spacial score (nSPS) is 11.4. The summed E-state index contributed by atoms with van der Waals surface area (Å²) in [6, 6.07) is 31.8. The second kappa shape index (κ2) is 10.4. The van der Waals surface area contributed by atoms with E-state index in [1.54, 1.807) is 13.1 Å². The van der Waals surface area contributed by atoms with Crippen molar-refractivity contribution in [1.82, 2.24) is 4.98 Å². The van der Waals surface area contributed by atoms with Crippen LogP contribution in [0.5, 0.6) is 0 Å². The van der Waals surface area contributed by atoms with Crippen LogP contribution in [0, 0.1) is 0 Å².